The Balaban J connectivity index is 1.19. The topological polar surface area (TPSA) is 114 Å². The van der Waals surface area contributed by atoms with Crippen molar-refractivity contribution >= 4 is 55.0 Å². The average molecular weight is 787 g/mol. The predicted octanol–water partition coefficient (Wildman–Crippen LogP) is 13.5. The van der Waals surface area contributed by atoms with Crippen LogP contribution in [0.25, 0.3) is 98.1 Å². The monoisotopic (exact) mass is 786 g/mol. The van der Waals surface area contributed by atoms with Gasteiger partial charge in [-0.05, 0) is 101 Å². The summed E-state index contributed by atoms with van der Waals surface area (Å²) < 4.78 is 4.29. The van der Waals surface area contributed by atoms with E-state index in [0.717, 1.165) is 77.2 Å². The summed E-state index contributed by atoms with van der Waals surface area (Å²) in [7, 11) is 0. The highest BCUT2D eigenvalue weighted by Crippen LogP contribution is 2.41. The summed E-state index contributed by atoms with van der Waals surface area (Å²) in [5, 5.41) is 44.8. The molecule has 282 valence electrons. The number of para-hydroxylation sites is 2. The standard InChI is InChI=1S/C54H26N8/c1-59-39-16-22-42(38(24-39)32-58)34-14-20-46-44-7-3-5-9-51(44)61(53(46)25-34)40-17-12-36(30-56)48(27-40)49-28-41(18-13-37(49)31-57)62-52-10-6-4-8-45(52)47-21-15-35(26-54(47)62)43-19-11-33(29-55)23-50(43)60-2/h3-28H. The van der Waals surface area contributed by atoms with Gasteiger partial charge in [-0.3, -0.25) is 0 Å². The Morgan fingerprint density at radius 2 is 0.903 bits per heavy atom. The van der Waals surface area contributed by atoms with Crippen molar-refractivity contribution in [2.24, 2.45) is 0 Å². The van der Waals surface area contributed by atoms with Crippen LogP contribution in [0.15, 0.2) is 158 Å². The molecule has 10 aromatic rings. The van der Waals surface area contributed by atoms with Gasteiger partial charge < -0.3 is 9.13 Å². The highest BCUT2D eigenvalue weighted by atomic mass is 15.0. The summed E-state index contributed by atoms with van der Waals surface area (Å²) in [6.07, 6.45) is 0. The molecule has 62 heavy (non-hydrogen) atoms. The molecule has 8 aromatic carbocycles. The van der Waals surface area contributed by atoms with Crippen molar-refractivity contribution in [3.63, 3.8) is 0 Å². The van der Waals surface area contributed by atoms with Gasteiger partial charge in [0.15, 0.2) is 11.4 Å². The maximum atomic E-state index is 10.6. The van der Waals surface area contributed by atoms with Gasteiger partial charge in [0.05, 0.1) is 70.6 Å². The predicted molar refractivity (Wildman–Crippen MR) is 243 cm³/mol. The highest BCUT2D eigenvalue weighted by Gasteiger charge is 2.20. The molecule has 0 aliphatic carbocycles. The van der Waals surface area contributed by atoms with Gasteiger partial charge >= 0.3 is 0 Å². The van der Waals surface area contributed by atoms with Crippen molar-refractivity contribution in [1.82, 2.24) is 9.13 Å². The third-order valence-corrected chi connectivity index (χ3v) is 11.5. The number of rotatable bonds is 5. The molecule has 2 heterocycles. The summed E-state index contributed by atoms with van der Waals surface area (Å²) in [6.45, 7) is 15.3. The van der Waals surface area contributed by atoms with Crippen LogP contribution in [-0.2, 0) is 0 Å². The van der Waals surface area contributed by atoms with Crippen LogP contribution >= 0.6 is 0 Å². The zero-order valence-electron chi connectivity index (χ0n) is 32.6. The summed E-state index contributed by atoms with van der Waals surface area (Å²) >= 11 is 0. The van der Waals surface area contributed by atoms with E-state index in [1.54, 1.807) is 36.4 Å². The van der Waals surface area contributed by atoms with Crippen LogP contribution in [0.1, 0.15) is 22.3 Å². The number of nitriles is 4. The van der Waals surface area contributed by atoms with Crippen LogP contribution in [0.5, 0.6) is 0 Å². The van der Waals surface area contributed by atoms with Crippen LogP contribution in [0.4, 0.5) is 11.4 Å². The Hall–Kier alpha value is -9.70. The normalized spacial score (nSPS) is 10.8. The van der Waals surface area contributed by atoms with Gasteiger partial charge in [-0.15, -0.1) is 0 Å². The van der Waals surface area contributed by atoms with E-state index in [4.69, 9.17) is 13.1 Å². The lowest BCUT2D eigenvalue weighted by molar-refractivity contribution is 1.17. The fraction of sp³-hybridized carbons (Fsp3) is 0. The van der Waals surface area contributed by atoms with Crippen molar-refractivity contribution < 1.29 is 0 Å². The first-order valence-corrected chi connectivity index (χ1v) is 19.5. The molecular weight excluding hydrogens is 761 g/mol. The van der Waals surface area contributed by atoms with Crippen molar-refractivity contribution in [1.29, 1.82) is 21.0 Å². The van der Waals surface area contributed by atoms with E-state index in [9.17, 15) is 21.0 Å². The Kier molecular flexibility index (Phi) is 8.62. The van der Waals surface area contributed by atoms with Crippen molar-refractivity contribution in [3.05, 3.63) is 203 Å². The molecule has 0 fully saturated rings. The maximum Gasteiger partial charge on any atom is 0.196 e. The smallest absolute Gasteiger partial charge is 0.196 e. The van der Waals surface area contributed by atoms with E-state index in [2.05, 4.69) is 91.6 Å². The lowest BCUT2D eigenvalue weighted by atomic mass is 9.94. The Morgan fingerprint density at radius 3 is 1.42 bits per heavy atom. The fourth-order valence-electron chi connectivity index (χ4n) is 8.70. The van der Waals surface area contributed by atoms with Gasteiger partial charge in [0, 0.05) is 55.2 Å². The number of hydrogen-bond acceptors (Lipinski definition) is 4. The van der Waals surface area contributed by atoms with Crippen LogP contribution in [-0.4, -0.2) is 9.13 Å². The number of nitrogens with zero attached hydrogens (tertiary/aromatic N) is 8. The Bertz CT molecular complexity index is 3590. The number of aromatic nitrogens is 2. The van der Waals surface area contributed by atoms with E-state index < -0.39 is 0 Å². The third-order valence-electron chi connectivity index (χ3n) is 11.5. The summed E-state index contributed by atoms with van der Waals surface area (Å²) in [6, 6.07) is 59.2. The molecule has 8 nitrogen and oxygen atoms in total. The molecule has 0 N–H and O–H groups in total. The van der Waals surface area contributed by atoms with Crippen molar-refractivity contribution in [2.75, 3.05) is 0 Å². The van der Waals surface area contributed by atoms with Gasteiger partial charge in [0.25, 0.3) is 0 Å². The first kappa shape index (κ1) is 36.6. The molecule has 0 radical (unpaired) electrons. The van der Waals surface area contributed by atoms with Gasteiger partial charge in [0.2, 0.25) is 0 Å². The minimum Gasteiger partial charge on any atom is -0.309 e. The number of benzene rings is 8. The van der Waals surface area contributed by atoms with Gasteiger partial charge in [0.1, 0.15) is 0 Å². The second-order valence-corrected chi connectivity index (χ2v) is 14.8. The van der Waals surface area contributed by atoms with Gasteiger partial charge in [-0.25, -0.2) is 9.69 Å². The molecule has 0 aliphatic heterocycles. The molecule has 0 atom stereocenters. The van der Waals surface area contributed by atoms with Crippen LogP contribution < -0.4 is 0 Å². The van der Waals surface area contributed by atoms with E-state index in [1.807, 2.05) is 72.8 Å². The SMILES string of the molecule is [C-]#[N+]c1ccc(-c2ccc3c4ccccc4n(-c4ccc(C#N)c(-c5cc(-n6c7ccccc7c7ccc(-c8ccc(C#N)cc8[N+]#[C-])cc76)ccc5C#N)c4)c3c2)c(C#N)c1. The summed E-state index contributed by atoms with van der Waals surface area (Å²) in [5.74, 6) is 0. The van der Waals surface area contributed by atoms with E-state index in [-0.39, 0.29) is 0 Å². The molecule has 0 saturated carbocycles. The molecule has 0 bridgehead atoms. The van der Waals surface area contributed by atoms with Crippen molar-refractivity contribution in [3.8, 4) is 69.0 Å². The summed E-state index contributed by atoms with van der Waals surface area (Å²) in [5.41, 5.74) is 11.9. The first-order chi connectivity index (χ1) is 30.5. The highest BCUT2D eigenvalue weighted by molar-refractivity contribution is 6.12. The molecule has 0 amide bonds. The van der Waals surface area contributed by atoms with Gasteiger partial charge in [-0.2, -0.15) is 21.0 Å². The quantitative estimate of drug-likeness (QED) is 0.162. The molecule has 0 aliphatic rings. The minimum absolute atomic E-state index is 0.386. The van der Waals surface area contributed by atoms with Crippen LogP contribution in [0.3, 0.4) is 0 Å². The molecule has 2 aromatic heterocycles. The van der Waals surface area contributed by atoms with Crippen LogP contribution in [0.2, 0.25) is 0 Å². The second kappa shape index (κ2) is 14.6. The van der Waals surface area contributed by atoms with Crippen molar-refractivity contribution in [2.45, 2.75) is 0 Å². The lowest BCUT2D eigenvalue weighted by Crippen LogP contribution is -1.99. The molecule has 0 spiro atoms. The molecule has 0 unspecified atom stereocenters. The third kappa shape index (κ3) is 5.71. The van der Waals surface area contributed by atoms with Gasteiger partial charge in [-0.1, -0.05) is 78.9 Å². The average Bonchev–Trinajstić information content (AvgIpc) is 3.85. The van der Waals surface area contributed by atoms with E-state index >= 15 is 0 Å². The molecule has 8 heteroatoms. The summed E-state index contributed by atoms with van der Waals surface area (Å²) in [4.78, 5) is 7.25. The fourth-order valence-corrected chi connectivity index (χ4v) is 8.70. The van der Waals surface area contributed by atoms with E-state index in [1.165, 1.54) is 0 Å². The number of hydrogen-bond donors (Lipinski definition) is 0. The molecule has 10 rings (SSSR count). The van der Waals surface area contributed by atoms with Crippen LogP contribution in [0, 0.1) is 58.5 Å². The zero-order chi connectivity index (χ0) is 42.5. The molecule has 0 saturated heterocycles. The Morgan fingerprint density at radius 1 is 0.387 bits per heavy atom. The largest absolute Gasteiger partial charge is 0.309 e. The lowest BCUT2D eigenvalue weighted by Gasteiger charge is -2.15. The first-order valence-electron chi connectivity index (χ1n) is 19.5. The minimum atomic E-state index is 0.386. The molecular formula is C54H26N8. The second-order valence-electron chi connectivity index (χ2n) is 14.8. The zero-order valence-corrected chi connectivity index (χ0v) is 32.6. The maximum absolute atomic E-state index is 10.6. The van der Waals surface area contributed by atoms with E-state index in [0.29, 0.717) is 44.8 Å². The number of fused-ring (bicyclic) bond motifs is 6. The Labute approximate surface area is 355 Å².